The van der Waals surface area contributed by atoms with Crippen LogP contribution in [0.5, 0.6) is 0 Å². The molecule has 9 heteroatoms. The third-order valence-corrected chi connectivity index (χ3v) is 4.07. The van der Waals surface area contributed by atoms with Gasteiger partial charge in [-0.2, -0.15) is 0 Å². The Bertz CT molecular complexity index is 1040. The van der Waals surface area contributed by atoms with Gasteiger partial charge in [0.05, 0.1) is 0 Å². The summed E-state index contributed by atoms with van der Waals surface area (Å²) in [5.74, 6) is -5.59. The van der Waals surface area contributed by atoms with Crippen LogP contribution < -0.4 is 10.6 Å². The van der Waals surface area contributed by atoms with E-state index in [1.54, 1.807) is 12.1 Å². The Morgan fingerprint density at radius 1 is 0.857 bits per heavy atom. The maximum Gasteiger partial charge on any atom is 0.256 e. The summed E-state index contributed by atoms with van der Waals surface area (Å²) in [4.78, 5) is 28.5. The molecule has 3 rings (SSSR count). The molecule has 0 bridgehead atoms. The number of nitrogens with one attached hydrogen (secondary N) is 2. The summed E-state index contributed by atoms with van der Waals surface area (Å²) in [6.07, 6.45) is 1.52. The van der Waals surface area contributed by atoms with E-state index in [4.69, 9.17) is 0 Å². The van der Waals surface area contributed by atoms with Gasteiger partial charge in [-0.05, 0) is 58.4 Å². The molecule has 0 unspecified atom stereocenters. The molecule has 0 spiro atoms. The highest BCUT2D eigenvalue weighted by Gasteiger charge is 2.16. The van der Waals surface area contributed by atoms with E-state index in [2.05, 4.69) is 31.5 Å². The van der Waals surface area contributed by atoms with Crippen molar-refractivity contribution in [1.82, 2.24) is 4.98 Å². The number of halogens is 4. The minimum atomic E-state index is -1.66. The third kappa shape index (κ3) is 4.55. The number of carbonyl (C=O) groups excluding carboxylic acids is 2. The summed E-state index contributed by atoms with van der Waals surface area (Å²) in [7, 11) is 0. The van der Waals surface area contributed by atoms with Crippen molar-refractivity contribution in [1.29, 1.82) is 0 Å². The second-order valence-electron chi connectivity index (χ2n) is 5.60. The van der Waals surface area contributed by atoms with E-state index < -0.39 is 34.8 Å². The van der Waals surface area contributed by atoms with Crippen LogP contribution in [0.4, 0.5) is 24.7 Å². The van der Waals surface area contributed by atoms with Crippen molar-refractivity contribution in [2.75, 3.05) is 10.6 Å². The number of carbonyl (C=O) groups is 2. The van der Waals surface area contributed by atoms with Gasteiger partial charge in [0.1, 0.15) is 5.82 Å². The van der Waals surface area contributed by atoms with E-state index in [0.717, 1.165) is 4.47 Å². The van der Waals surface area contributed by atoms with Gasteiger partial charge in [-0.1, -0.05) is 6.07 Å². The lowest BCUT2D eigenvalue weighted by atomic mass is 10.1. The van der Waals surface area contributed by atoms with Crippen molar-refractivity contribution in [3.05, 3.63) is 87.8 Å². The van der Waals surface area contributed by atoms with Gasteiger partial charge in [-0.3, -0.25) is 9.59 Å². The van der Waals surface area contributed by atoms with E-state index in [-0.39, 0.29) is 11.3 Å². The fraction of sp³-hybridized carbons (Fsp3) is 0. The molecule has 0 aliphatic carbocycles. The number of nitrogens with zero attached hydrogens (tertiary/aromatic N) is 1. The molecule has 1 heterocycles. The van der Waals surface area contributed by atoms with Gasteiger partial charge in [0, 0.05) is 27.5 Å². The molecule has 5 nitrogen and oxygen atoms in total. The standard InChI is InChI=1S/C19H11BrF3N3O2/c20-12-4-5-16(24-9-12)26-18(27)10-2-1-3-13(6-10)25-19(28)11-7-14(21)17(23)15(22)8-11/h1-9H,(H,25,28)(H,24,26,27). The molecule has 3 aromatic rings. The predicted molar refractivity (Wildman–Crippen MR) is 101 cm³/mol. The first-order valence-electron chi connectivity index (χ1n) is 7.82. The number of hydrogen-bond acceptors (Lipinski definition) is 3. The van der Waals surface area contributed by atoms with Crippen molar-refractivity contribution in [3.8, 4) is 0 Å². The average molecular weight is 450 g/mol. The number of pyridine rings is 1. The summed E-state index contributed by atoms with van der Waals surface area (Å²) >= 11 is 3.24. The van der Waals surface area contributed by atoms with Crippen LogP contribution in [-0.2, 0) is 0 Å². The molecule has 1 aromatic heterocycles. The zero-order valence-corrected chi connectivity index (χ0v) is 15.6. The minimum Gasteiger partial charge on any atom is -0.322 e. The molecule has 2 N–H and O–H groups in total. The van der Waals surface area contributed by atoms with E-state index in [0.29, 0.717) is 18.0 Å². The fourth-order valence-corrected chi connectivity index (χ4v) is 2.50. The first kappa shape index (κ1) is 19.6. The second kappa shape index (κ2) is 8.22. The zero-order chi connectivity index (χ0) is 20.3. The Kier molecular flexibility index (Phi) is 5.74. The molecule has 0 aliphatic rings. The highest BCUT2D eigenvalue weighted by molar-refractivity contribution is 9.10. The third-order valence-electron chi connectivity index (χ3n) is 3.60. The molecule has 2 aromatic carbocycles. The van der Waals surface area contributed by atoms with Crippen molar-refractivity contribution in [2.24, 2.45) is 0 Å². The Morgan fingerprint density at radius 3 is 2.18 bits per heavy atom. The second-order valence-corrected chi connectivity index (χ2v) is 6.52. The monoisotopic (exact) mass is 449 g/mol. The largest absolute Gasteiger partial charge is 0.322 e. The number of anilines is 2. The van der Waals surface area contributed by atoms with Crippen molar-refractivity contribution in [3.63, 3.8) is 0 Å². The van der Waals surface area contributed by atoms with E-state index >= 15 is 0 Å². The highest BCUT2D eigenvalue weighted by atomic mass is 79.9. The minimum absolute atomic E-state index is 0.214. The lowest BCUT2D eigenvalue weighted by Gasteiger charge is -2.09. The smallest absolute Gasteiger partial charge is 0.256 e. The molecule has 0 radical (unpaired) electrons. The number of hydrogen-bond donors (Lipinski definition) is 2. The molecule has 2 amide bonds. The van der Waals surface area contributed by atoms with Gasteiger partial charge >= 0.3 is 0 Å². The van der Waals surface area contributed by atoms with Crippen LogP contribution >= 0.6 is 15.9 Å². The summed E-state index contributed by atoms with van der Waals surface area (Å²) < 4.78 is 40.3. The van der Waals surface area contributed by atoms with Gasteiger partial charge in [-0.15, -0.1) is 0 Å². The SMILES string of the molecule is O=C(Nc1cccc(C(=O)Nc2ccc(Br)cn2)c1)c1cc(F)c(F)c(F)c1. The summed E-state index contributed by atoms with van der Waals surface area (Å²) in [5, 5.41) is 5.00. The number of rotatable bonds is 4. The quantitative estimate of drug-likeness (QED) is 0.563. The molecule has 28 heavy (non-hydrogen) atoms. The number of benzene rings is 2. The molecule has 0 saturated heterocycles. The Labute approximate surface area is 165 Å². The topological polar surface area (TPSA) is 71.1 Å². The highest BCUT2D eigenvalue weighted by Crippen LogP contribution is 2.17. The number of aromatic nitrogens is 1. The van der Waals surface area contributed by atoms with Crippen LogP contribution in [0, 0.1) is 17.5 Å². The molecule has 0 aliphatic heterocycles. The summed E-state index contributed by atoms with van der Waals surface area (Å²) in [5.41, 5.74) is 0.0378. The Balaban J connectivity index is 1.75. The van der Waals surface area contributed by atoms with E-state index in [1.165, 1.54) is 30.5 Å². The van der Waals surface area contributed by atoms with Gasteiger partial charge in [-0.25, -0.2) is 18.2 Å². The lowest BCUT2D eigenvalue weighted by Crippen LogP contribution is -2.15. The maximum absolute atomic E-state index is 13.3. The molecule has 0 saturated carbocycles. The average Bonchev–Trinajstić information content (AvgIpc) is 2.67. The first-order chi connectivity index (χ1) is 13.3. The maximum atomic E-state index is 13.3. The lowest BCUT2D eigenvalue weighted by molar-refractivity contribution is 0.101. The van der Waals surface area contributed by atoms with Crippen molar-refractivity contribution < 1.29 is 22.8 Å². The molecule has 142 valence electrons. The zero-order valence-electron chi connectivity index (χ0n) is 14.0. The van der Waals surface area contributed by atoms with Crippen LogP contribution in [0.25, 0.3) is 0 Å². The van der Waals surface area contributed by atoms with E-state index in [1.807, 2.05) is 0 Å². The van der Waals surface area contributed by atoms with Crippen LogP contribution in [0.2, 0.25) is 0 Å². The van der Waals surface area contributed by atoms with Gasteiger partial charge in [0.2, 0.25) is 0 Å². The van der Waals surface area contributed by atoms with Crippen molar-refractivity contribution >= 4 is 39.2 Å². The van der Waals surface area contributed by atoms with Gasteiger partial charge < -0.3 is 10.6 Å². The van der Waals surface area contributed by atoms with Gasteiger partial charge in [0.25, 0.3) is 11.8 Å². The van der Waals surface area contributed by atoms with Crippen LogP contribution in [0.1, 0.15) is 20.7 Å². The number of amides is 2. The fourth-order valence-electron chi connectivity index (χ4n) is 2.27. The summed E-state index contributed by atoms with van der Waals surface area (Å²) in [6, 6.07) is 10.4. The normalized spacial score (nSPS) is 10.4. The molecule has 0 fully saturated rings. The van der Waals surface area contributed by atoms with Crippen LogP contribution in [-0.4, -0.2) is 16.8 Å². The van der Waals surface area contributed by atoms with Crippen LogP contribution in [0.3, 0.4) is 0 Å². The first-order valence-corrected chi connectivity index (χ1v) is 8.61. The summed E-state index contributed by atoms with van der Waals surface area (Å²) in [6.45, 7) is 0. The van der Waals surface area contributed by atoms with Crippen molar-refractivity contribution in [2.45, 2.75) is 0 Å². The predicted octanol–water partition coefficient (Wildman–Crippen LogP) is 4.77. The molecule has 0 atom stereocenters. The van der Waals surface area contributed by atoms with Crippen LogP contribution in [0.15, 0.2) is 59.2 Å². The van der Waals surface area contributed by atoms with Gasteiger partial charge in [0.15, 0.2) is 17.5 Å². The Morgan fingerprint density at radius 2 is 1.54 bits per heavy atom. The molecular weight excluding hydrogens is 439 g/mol. The Hall–Kier alpha value is -3.20. The van der Waals surface area contributed by atoms with E-state index in [9.17, 15) is 22.8 Å². The molecular formula is C19H11BrF3N3O2.